The fourth-order valence-corrected chi connectivity index (χ4v) is 2.47. The van der Waals surface area contributed by atoms with Crippen molar-refractivity contribution in [1.82, 2.24) is 16.0 Å². The molecule has 25 heavy (non-hydrogen) atoms. The summed E-state index contributed by atoms with van der Waals surface area (Å²) in [4.78, 5) is 37.7. The molecule has 0 aliphatic carbocycles. The van der Waals surface area contributed by atoms with Crippen LogP contribution in [0.1, 0.15) is 20.8 Å². The van der Waals surface area contributed by atoms with E-state index in [2.05, 4.69) is 16.0 Å². The first-order valence-electron chi connectivity index (χ1n) is 8.04. The van der Waals surface area contributed by atoms with Gasteiger partial charge in [-0.15, -0.1) is 0 Å². The maximum absolute atomic E-state index is 12.2. The molecule has 136 valence electrons. The second kappa shape index (κ2) is 7.42. The number of carbonyl (C=O) groups is 3. The number of hydrogen-bond donors (Lipinski definition) is 3. The molecule has 3 N–H and O–H groups in total. The summed E-state index contributed by atoms with van der Waals surface area (Å²) in [7, 11) is 1.53. The molecule has 2 rings (SSSR count). The highest BCUT2D eigenvalue weighted by Crippen LogP contribution is 2.32. The summed E-state index contributed by atoms with van der Waals surface area (Å²) >= 11 is 0. The number of likely N-dealkylation sites (N-methyl/N-ethyl adjacent to an activating group) is 1. The number of benzene rings is 1. The Hall–Kier alpha value is -2.77. The standard InChI is InChI=1S/C17H24N4O4/c1-17(2,3)20-16(24)19-14(22)10-21-9-13(15(23)18-4)25-12-8-6-5-7-11(12)21/h5-8,13H,9-10H2,1-4H3,(H,18,23)(H2,19,20,22,24)/t13-/m1/s1. The van der Waals surface area contributed by atoms with Crippen molar-refractivity contribution >= 4 is 23.5 Å². The molecule has 8 heteroatoms. The van der Waals surface area contributed by atoms with Crippen LogP contribution in [0.15, 0.2) is 24.3 Å². The van der Waals surface area contributed by atoms with Crippen molar-refractivity contribution in [3.8, 4) is 5.75 Å². The van der Waals surface area contributed by atoms with Gasteiger partial charge in [0.15, 0.2) is 6.10 Å². The quantitative estimate of drug-likeness (QED) is 0.744. The Morgan fingerprint density at radius 2 is 1.92 bits per heavy atom. The van der Waals surface area contributed by atoms with Gasteiger partial charge in [0.2, 0.25) is 5.91 Å². The van der Waals surface area contributed by atoms with E-state index in [4.69, 9.17) is 4.74 Å². The Labute approximate surface area is 146 Å². The number of imide groups is 1. The normalized spacial score (nSPS) is 16.3. The molecule has 0 aromatic heterocycles. The molecular weight excluding hydrogens is 324 g/mol. The molecule has 1 aliphatic heterocycles. The molecule has 0 saturated carbocycles. The van der Waals surface area contributed by atoms with Gasteiger partial charge in [0.1, 0.15) is 5.75 Å². The number of anilines is 1. The summed E-state index contributed by atoms with van der Waals surface area (Å²) in [6.07, 6.45) is -0.726. The molecule has 0 bridgehead atoms. The third-order valence-corrected chi connectivity index (χ3v) is 3.48. The number of para-hydroxylation sites is 2. The highest BCUT2D eigenvalue weighted by Gasteiger charge is 2.31. The highest BCUT2D eigenvalue weighted by molar-refractivity contribution is 5.97. The van der Waals surface area contributed by atoms with E-state index in [0.29, 0.717) is 11.4 Å². The lowest BCUT2D eigenvalue weighted by Gasteiger charge is -2.35. The van der Waals surface area contributed by atoms with E-state index in [1.54, 1.807) is 23.1 Å². The van der Waals surface area contributed by atoms with Crippen molar-refractivity contribution in [3.05, 3.63) is 24.3 Å². The van der Waals surface area contributed by atoms with E-state index in [-0.39, 0.29) is 19.0 Å². The minimum absolute atomic E-state index is 0.0641. The van der Waals surface area contributed by atoms with E-state index in [1.807, 2.05) is 26.8 Å². The maximum Gasteiger partial charge on any atom is 0.321 e. The Morgan fingerprint density at radius 1 is 1.24 bits per heavy atom. The molecule has 1 aromatic carbocycles. The SMILES string of the molecule is CNC(=O)[C@H]1CN(CC(=O)NC(=O)NC(C)(C)C)c2ccccc2O1. The summed E-state index contributed by atoms with van der Waals surface area (Å²) in [5.74, 6) is -0.214. The van der Waals surface area contributed by atoms with Crippen LogP contribution in [0.25, 0.3) is 0 Å². The van der Waals surface area contributed by atoms with Crippen molar-refractivity contribution in [2.75, 3.05) is 25.0 Å². The smallest absolute Gasteiger partial charge is 0.321 e. The van der Waals surface area contributed by atoms with Gasteiger partial charge in [0.25, 0.3) is 5.91 Å². The molecule has 0 radical (unpaired) electrons. The van der Waals surface area contributed by atoms with Crippen LogP contribution in [0.4, 0.5) is 10.5 Å². The van der Waals surface area contributed by atoms with Crippen molar-refractivity contribution < 1.29 is 19.1 Å². The zero-order chi connectivity index (χ0) is 18.6. The lowest BCUT2D eigenvalue weighted by molar-refractivity contribution is -0.127. The Bertz CT molecular complexity index is 669. The second-order valence-corrected chi connectivity index (χ2v) is 6.82. The first-order chi connectivity index (χ1) is 11.7. The van der Waals surface area contributed by atoms with Crippen LogP contribution < -0.4 is 25.6 Å². The van der Waals surface area contributed by atoms with Gasteiger partial charge in [-0.25, -0.2) is 4.79 Å². The van der Waals surface area contributed by atoms with Gasteiger partial charge in [0.05, 0.1) is 18.8 Å². The Balaban J connectivity index is 2.08. The molecule has 1 atom stereocenters. The summed E-state index contributed by atoms with van der Waals surface area (Å²) in [6, 6.07) is 6.60. The molecule has 0 unspecified atom stereocenters. The Kier molecular flexibility index (Phi) is 5.51. The van der Waals surface area contributed by atoms with Gasteiger partial charge in [-0.05, 0) is 32.9 Å². The van der Waals surface area contributed by atoms with Crippen LogP contribution in [-0.4, -0.2) is 49.6 Å². The van der Waals surface area contributed by atoms with Gasteiger partial charge < -0.3 is 20.3 Å². The molecular formula is C17H24N4O4. The Morgan fingerprint density at radius 3 is 2.56 bits per heavy atom. The summed E-state index contributed by atoms with van der Waals surface area (Å²) in [5, 5.41) is 7.51. The van der Waals surface area contributed by atoms with Crippen LogP contribution in [0.3, 0.4) is 0 Å². The fourth-order valence-electron chi connectivity index (χ4n) is 2.47. The number of rotatable bonds is 3. The van der Waals surface area contributed by atoms with E-state index in [9.17, 15) is 14.4 Å². The minimum atomic E-state index is -0.726. The third kappa shape index (κ3) is 5.10. The molecule has 1 heterocycles. The van der Waals surface area contributed by atoms with Gasteiger partial charge in [-0.1, -0.05) is 12.1 Å². The second-order valence-electron chi connectivity index (χ2n) is 6.82. The molecule has 0 saturated heterocycles. The third-order valence-electron chi connectivity index (χ3n) is 3.48. The van der Waals surface area contributed by atoms with Gasteiger partial charge >= 0.3 is 6.03 Å². The number of urea groups is 1. The van der Waals surface area contributed by atoms with Crippen LogP contribution in [0, 0.1) is 0 Å². The molecule has 8 nitrogen and oxygen atoms in total. The predicted octanol–water partition coefficient (Wildman–Crippen LogP) is 0.624. The summed E-state index contributed by atoms with van der Waals surface area (Å²) < 4.78 is 5.68. The number of amides is 4. The van der Waals surface area contributed by atoms with E-state index in [1.165, 1.54) is 7.05 Å². The number of hydrogen-bond acceptors (Lipinski definition) is 5. The molecule has 0 fully saturated rings. The monoisotopic (exact) mass is 348 g/mol. The number of carbonyl (C=O) groups excluding carboxylic acids is 3. The van der Waals surface area contributed by atoms with E-state index < -0.39 is 23.6 Å². The maximum atomic E-state index is 12.2. The van der Waals surface area contributed by atoms with E-state index >= 15 is 0 Å². The van der Waals surface area contributed by atoms with Crippen LogP contribution in [0.2, 0.25) is 0 Å². The van der Waals surface area contributed by atoms with Gasteiger partial charge in [-0.3, -0.25) is 14.9 Å². The number of nitrogens with zero attached hydrogens (tertiary/aromatic N) is 1. The van der Waals surface area contributed by atoms with Gasteiger partial charge in [-0.2, -0.15) is 0 Å². The lowest BCUT2D eigenvalue weighted by Crippen LogP contribution is -2.53. The largest absolute Gasteiger partial charge is 0.477 e. The zero-order valence-corrected chi connectivity index (χ0v) is 14.9. The molecule has 1 aliphatic rings. The number of ether oxygens (including phenoxy) is 1. The highest BCUT2D eigenvalue weighted by atomic mass is 16.5. The van der Waals surface area contributed by atoms with Crippen molar-refractivity contribution in [3.63, 3.8) is 0 Å². The van der Waals surface area contributed by atoms with E-state index in [0.717, 1.165) is 0 Å². The topological polar surface area (TPSA) is 99.8 Å². The van der Waals surface area contributed by atoms with Crippen molar-refractivity contribution in [1.29, 1.82) is 0 Å². The van der Waals surface area contributed by atoms with Crippen LogP contribution >= 0.6 is 0 Å². The minimum Gasteiger partial charge on any atom is -0.477 e. The van der Waals surface area contributed by atoms with Crippen molar-refractivity contribution in [2.24, 2.45) is 0 Å². The first kappa shape index (κ1) is 18.6. The average molecular weight is 348 g/mol. The predicted molar refractivity (Wildman–Crippen MR) is 93.6 cm³/mol. The zero-order valence-electron chi connectivity index (χ0n) is 14.9. The van der Waals surface area contributed by atoms with Crippen molar-refractivity contribution in [2.45, 2.75) is 32.4 Å². The number of nitrogens with one attached hydrogen (secondary N) is 3. The summed E-state index contributed by atoms with van der Waals surface area (Å²) in [6.45, 7) is 5.62. The van der Waals surface area contributed by atoms with Gasteiger partial charge in [0, 0.05) is 12.6 Å². The van der Waals surface area contributed by atoms with Crippen LogP contribution in [-0.2, 0) is 9.59 Å². The van der Waals surface area contributed by atoms with Crippen LogP contribution in [0.5, 0.6) is 5.75 Å². The molecule has 0 spiro atoms. The summed E-state index contributed by atoms with van der Waals surface area (Å²) in [5.41, 5.74) is 0.259. The first-order valence-corrected chi connectivity index (χ1v) is 8.04. The lowest BCUT2D eigenvalue weighted by atomic mass is 10.1. The molecule has 1 aromatic rings. The fraction of sp³-hybridized carbons (Fsp3) is 0.471. The average Bonchev–Trinajstić information content (AvgIpc) is 2.51. The number of fused-ring (bicyclic) bond motifs is 1. The molecule has 4 amide bonds.